The summed E-state index contributed by atoms with van der Waals surface area (Å²) in [5.41, 5.74) is 8.42. The predicted molar refractivity (Wildman–Crippen MR) is 92.2 cm³/mol. The summed E-state index contributed by atoms with van der Waals surface area (Å²) in [6.07, 6.45) is 3.53. The van der Waals surface area contributed by atoms with Gasteiger partial charge in [0.05, 0.1) is 5.56 Å². The SMILES string of the molecule is Cc1cc(C)cc(C(=O)OC2CC3CCC(C2)N3C(=N)N)c1.Cl. The van der Waals surface area contributed by atoms with Gasteiger partial charge >= 0.3 is 5.97 Å². The Labute approximate surface area is 143 Å². The minimum atomic E-state index is -0.243. The van der Waals surface area contributed by atoms with Gasteiger partial charge < -0.3 is 15.4 Å². The second-order valence-electron chi connectivity index (χ2n) is 6.55. The second-order valence-corrected chi connectivity index (χ2v) is 6.55. The van der Waals surface area contributed by atoms with Crippen molar-refractivity contribution >= 4 is 24.3 Å². The van der Waals surface area contributed by atoms with Crippen LogP contribution in [0.25, 0.3) is 0 Å². The Morgan fingerprint density at radius 3 is 2.17 bits per heavy atom. The molecule has 2 atom stereocenters. The zero-order valence-corrected chi connectivity index (χ0v) is 14.4. The van der Waals surface area contributed by atoms with Crippen molar-refractivity contribution in [3.63, 3.8) is 0 Å². The third-order valence-corrected chi connectivity index (χ3v) is 4.70. The van der Waals surface area contributed by atoms with Gasteiger partial charge in [-0.2, -0.15) is 0 Å². The molecule has 2 aliphatic heterocycles. The molecule has 6 heteroatoms. The molecule has 0 spiro atoms. The molecule has 0 amide bonds. The Morgan fingerprint density at radius 2 is 1.70 bits per heavy atom. The van der Waals surface area contributed by atoms with Gasteiger partial charge in [0.15, 0.2) is 5.96 Å². The van der Waals surface area contributed by atoms with Crippen LogP contribution in [0.5, 0.6) is 0 Å². The molecule has 2 fully saturated rings. The second kappa shape index (κ2) is 6.79. The summed E-state index contributed by atoms with van der Waals surface area (Å²) in [5.74, 6) is -0.0981. The lowest BCUT2D eigenvalue weighted by atomic mass is 10.00. The lowest BCUT2D eigenvalue weighted by Gasteiger charge is -2.38. The van der Waals surface area contributed by atoms with Crippen molar-refractivity contribution < 1.29 is 9.53 Å². The van der Waals surface area contributed by atoms with E-state index in [9.17, 15) is 4.79 Å². The van der Waals surface area contributed by atoms with Crippen LogP contribution in [0.1, 0.15) is 47.2 Å². The average Bonchev–Trinajstić information content (AvgIpc) is 2.70. The molecule has 5 nitrogen and oxygen atoms in total. The van der Waals surface area contributed by atoms with Gasteiger partial charge in [-0.15, -0.1) is 12.4 Å². The van der Waals surface area contributed by atoms with Gasteiger partial charge in [0, 0.05) is 24.9 Å². The number of esters is 1. The fourth-order valence-corrected chi connectivity index (χ4v) is 3.93. The van der Waals surface area contributed by atoms with Crippen molar-refractivity contribution in [2.75, 3.05) is 0 Å². The number of nitrogens with two attached hydrogens (primary N) is 1. The Balaban J connectivity index is 0.00000192. The van der Waals surface area contributed by atoms with Crippen molar-refractivity contribution in [3.8, 4) is 0 Å². The molecule has 2 aliphatic rings. The van der Waals surface area contributed by atoms with Crippen LogP contribution in [0.2, 0.25) is 0 Å². The summed E-state index contributed by atoms with van der Waals surface area (Å²) < 4.78 is 5.72. The largest absolute Gasteiger partial charge is 0.459 e. The number of ether oxygens (including phenoxy) is 1. The molecule has 1 aromatic carbocycles. The van der Waals surface area contributed by atoms with E-state index in [-0.39, 0.29) is 42.5 Å². The summed E-state index contributed by atoms with van der Waals surface area (Å²) in [7, 11) is 0. The van der Waals surface area contributed by atoms with Gasteiger partial charge in [0.25, 0.3) is 0 Å². The number of piperidine rings is 1. The number of fused-ring (bicyclic) bond motifs is 2. The van der Waals surface area contributed by atoms with E-state index in [4.69, 9.17) is 15.9 Å². The van der Waals surface area contributed by atoms with Crippen LogP contribution >= 0.6 is 12.4 Å². The average molecular weight is 338 g/mol. The summed E-state index contributed by atoms with van der Waals surface area (Å²) in [6.45, 7) is 3.96. The van der Waals surface area contributed by atoms with Gasteiger partial charge in [0.1, 0.15) is 6.10 Å². The van der Waals surface area contributed by atoms with Gasteiger partial charge in [0.2, 0.25) is 0 Å². The highest BCUT2D eigenvalue weighted by molar-refractivity contribution is 5.90. The third-order valence-electron chi connectivity index (χ3n) is 4.70. The first-order chi connectivity index (χ1) is 10.4. The summed E-state index contributed by atoms with van der Waals surface area (Å²) in [5, 5.41) is 7.67. The number of hydrogen-bond acceptors (Lipinski definition) is 3. The number of aryl methyl sites for hydroxylation is 2. The van der Waals surface area contributed by atoms with E-state index in [1.165, 1.54) is 0 Å². The van der Waals surface area contributed by atoms with Crippen LogP contribution in [-0.4, -0.2) is 35.0 Å². The molecule has 2 saturated heterocycles. The summed E-state index contributed by atoms with van der Waals surface area (Å²) in [6, 6.07) is 6.27. The number of guanidine groups is 1. The first kappa shape index (κ1) is 17.6. The molecule has 2 bridgehead atoms. The van der Waals surface area contributed by atoms with E-state index in [1.807, 2.05) is 36.9 Å². The molecule has 2 heterocycles. The molecule has 126 valence electrons. The Hall–Kier alpha value is -1.75. The minimum absolute atomic E-state index is 0. The van der Waals surface area contributed by atoms with Crippen LogP contribution in [0, 0.1) is 19.3 Å². The first-order valence-corrected chi connectivity index (χ1v) is 7.85. The van der Waals surface area contributed by atoms with Crippen molar-refractivity contribution in [2.45, 2.75) is 57.7 Å². The fraction of sp³-hybridized carbons (Fsp3) is 0.529. The van der Waals surface area contributed by atoms with Crippen molar-refractivity contribution in [3.05, 3.63) is 34.9 Å². The normalized spacial score (nSPS) is 25.7. The lowest BCUT2D eigenvalue weighted by Crippen LogP contribution is -2.51. The number of hydrogen-bond donors (Lipinski definition) is 2. The molecule has 3 rings (SSSR count). The summed E-state index contributed by atoms with van der Waals surface area (Å²) >= 11 is 0. The highest BCUT2D eigenvalue weighted by Crippen LogP contribution is 2.36. The van der Waals surface area contributed by atoms with Crippen LogP contribution in [0.4, 0.5) is 0 Å². The highest BCUT2D eigenvalue weighted by Gasteiger charge is 2.42. The van der Waals surface area contributed by atoms with Crippen LogP contribution in [0.3, 0.4) is 0 Å². The zero-order chi connectivity index (χ0) is 15.9. The van der Waals surface area contributed by atoms with E-state index in [0.717, 1.165) is 36.8 Å². The third kappa shape index (κ3) is 3.61. The maximum Gasteiger partial charge on any atom is 0.338 e. The molecule has 0 radical (unpaired) electrons. The monoisotopic (exact) mass is 337 g/mol. The standard InChI is InChI=1S/C17H23N3O2.ClH/c1-10-5-11(2)7-12(6-10)16(21)22-15-8-13-3-4-14(9-15)20(13)17(18)19;/h5-7,13-15H,3-4,8-9H2,1-2H3,(H3,18,19);1H. The molecular formula is C17H24ClN3O2. The minimum Gasteiger partial charge on any atom is -0.459 e. The molecule has 0 saturated carbocycles. The maximum absolute atomic E-state index is 12.4. The van der Waals surface area contributed by atoms with Gasteiger partial charge in [-0.3, -0.25) is 5.41 Å². The van der Waals surface area contributed by atoms with Gasteiger partial charge in [-0.1, -0.05) is 17.2 Å². The first-order valence-electron chi connectivity index (χ1n) is 7.85. The molecule has 2 unspecified atom stereocenters. The van der Waals surface area contributed by atoms with Gasteiger partial charge in [-0.25, -0.2) is 4.79 Å². The van der Waals surface area contributed by atoms with Crippen molar-refractivity contribution in [1.82, 2.24) is 4.90 Å². The van der Waals surface area contributed by atoms with Crippen LogP contribution in [-0.2, 0) is 4.74 Å². The molecule has 3 N–H and O–H groups in total. The number of carbonyl (C=O) groups is 1. The van der Waals surface area contributed by atoms with Crippen LogP contribution < -0.4 is 5.73 Å². The molecule has 0 aromatic heterocycles. The number of carbonyl (C=O) groups excluding carboxylic acids is 1. The van der Waals surface area contributed by atoms with E-state index in [2.05, 4.69) is 0 Å². The predicted octanol–water partition coefficient (Wildman–Crippen LogP) is 2.77. The molecule has 1 aromatic rings. The number of rotatable bonds is 2. The van der Waals surface area contributed by atoms with Crippen LogP contribution in [0.15, 0.2) is 18.2 Å². The van der Waals surface area contributed by atoms with Crippen molar-refractivity contribution in [2.24, 2.45) is 5.73 Å². The van der Waals surface area contributed by atoms with Crippen molar-refractivity contribution in [1.29, 1.82) is 5.41 Å². The molecular weight excluding hydrogens is 314 g/mol. The fourth-order valence-electron chi connectivity index (χ4n) is 3.93. The lowest BCUT2D eigenvalue weighted by molar-refractivity contribution is 0.00625. The highest BCUT2D eigenvalue weighted by atomic mass is 35.5. The smallest absolute Gasteiger partial charge is 0.338 e. The quantitative estimate of drug-likeness (QED) is 0.494. The Bertz CT molecular complexity index is 586. The van der Waals surface area contributed by atoms with E-state index in [0.29, 0.717) is 5.56 Å². The van der Waals surface area contributed by atoms with E-state index < -0.39 is 0 Å². The Morgan fingerprint density at radius 1 is 1.17 bits per heavy atom. The van der Waals surface area contributed by atoms with E-state index >= 15 is 0 Å². The topological polar surface area (TPSA) is 79.4 Å². The number of benzene rings is 1. The van der Waals surface area contributed by atoms with Gasteiger partial charge in [-0.05, 0) is 38.8 Å². The molecule has 0 aliphatic carbocycles. The molecule has 23 heavy (non-hydrogen) atoms. The summed E-state index contributed by atoms with van der Waals surface area (Å²) in [4.78, 5) is 14.4. The zero-order valence-electron chi connectivity index (χ0n) is 13.5. The van der Waals surface area contributed by atoms with E-state index in [1.54, 1.807) is 0 Å². The number of halogens is 1. The Kier molecular flexibility index (Phi) is 5.19. The number of nitrogens with zero attached hydrogens (tertiary/aromatic N) is 1. The number of nitrogens with one attached hydrogen (secondary N) is 1. The maximum atomic E-state index is 12.4.